The normalized spacial score (nSPS) is 16.3. The number of nitro groups is 1. The number of nitrogens with zero attached hydrogens (tertiary/aromatic N) is 2. The van der Waals surface area contributed by atoms with Crippen LogP contribution in [-0.2, 0) is 6.54 Å². The van der Waals surface area contributed by atoms with Gasteiger partial charge in [0.25, 0.3) is 5.69 Å². The van der Waals surface area contributed by atoms with Crippen molar-refractivity contribution in [2.75, 3.05) is 27.2 Å². The van der Waals surface area contributed by atoms with E-state index < -0.39 is 0 Å². The molecule has 0 aliphatic carbocycles. The summed E-state index contributed by atoms with van der Waals surface area (Å²) < 4.78 is 5.30. The third-order valence-electron chi connectivity index (χ3n) is 3.86. The third-order valence-corrected chi connectivity index (χ3v) is 3.86. The lowest BCUT2D eigenvalue weighted by molar-refractivity contribution is -0.385. The van der Waals surface area contributed by atoms with Crippen molar-refractivity contribution in [3.05, 3.63) is 33.9 Å². The summed E-state index contributed by atoms with van der Waals surface area (Å²) >= 11 is 0. The SMILES string of the molecule is CNC1CCN(Cc2cc([N+](=O)[O-])ccc2OC)CC1.Cl. The molecule has 0 radical (unpaired) electrons. The maximum Gasteiger partial charge on any atom is 0.270 e. The second kappa shape index (κ2) is 8.17. The predicted molar refractivity (Wildman–Crippen MR) is 84.3 cm³/mol. The Morgan fingerprint density at radius 2 is 2.10 bits per heavy atom. The number of nitro benzene ring substituents is 1. The fourth-order valence-electron chi connectivity index (χ4n) is 2.62. The summed E-state index contributed by atoms with van der Waals surface area (Å²) in [6.45, 7) is 2.69. The van der Waals surface area contributed by atoms with Crippen LogP contribution in [-0.4, -0.2) is 43.1 Å². The molecule has 1 saturated heterocycles. The maximum atomic E-state index is 10.9. The number of ether oxygens (including phenoxy) is 1. The molecule has 1 aromatic carbocycles. The van der Waals surface area contributed by atoms with Gasteiger partial charge in [-0.25, -0.2) is 0 Å². The summed E-state index contributed by atoms with van der Waals surface area (Å²) in [6.07, 6.45) is 2.21. The molecular weight excluding hydrogens is 294 g/mol. The zero-order valence-corrected chi connectivity index (χ0v) is 13.2. The highest BCUT2D eigenvalue weighted by Crippen LogP contribution is 2.26. The molecule has 6 nitrogen and oxygen atoms in total. The van der Waals surface area contributed by atoms with Crippen molar-refractivity contribution in [2.24, 2.45) is 0 Å². The molecule has 7 heteroatoms. The quantitative estimate of drug-likeness (QED) is 0.666. The molecule has 0 amide bonds. The van der Waals surface area contributed by atoms with Gasteiger partial charge in [-0.3, -0.25) is 15.0 Å². The van der Waals surface area contributed by atoms with E-state index >= 15 is 0 Å². The lowest BCUT2D eigenvalue weighted by Gasteiger charge is -2.31. The molecule has 1 N–H and O–H groups in total. The van der Waals surface area contributed by atoms with Crippen molar-refractivity contribution < 1.29 is 9.66 Å². The second-order valence-electron chi connectivity index (χ2n) is 5.09. The van der Waals surface area contributed by atoms with Gasteiger partial charge in [0, 0.05) is 30.3 Å². The lowest BCUT2D eigenvalue weighted by atomic mass is 10.0. The molecule has 118 valence electrons. The molecule has 0 atom stereocenters. The Hall–Kier alpha value is -1.37. The van der Waals surface area contributed by atoms with Crippen molar-refractivity contribution in [3.8, 4) is 5.75 Å². The summed E-state index contributed by atoms with van der Waals surface area (Å²) in [5.41, 5.74) is 0.996. The van der Waals surface area contributed by atoms with E-state index in [0.717, 1.165) is 31.5 Å². The van der Waals surface area contributed by atoms with E-state index in [2.05, 4.69) is 10.2 Å². The van der Waals surface area contributed by atoms with Gasteiger partial charge in [0.2, 0.25) is 0 Å². The number of hydrogen-bond donors (Lipinski definition) is 1. The lowest BCUT2D eigenvalue weighted by Crippen LogP contribution is -2.40. The van der Waals surface area contributed by atoms with Crippen molar-refractivity contribution in [2.45, 2.75) is 25.4 Å². The Balaban J connectivity index is 0.00000220. The zero-order valence-electron chi connectivity index (χ0n) is 12.4. The van der Waals surface area contributed by atoms with Gasteiger partial charge in [0.1, 0.15) is 5.75 Å². The highest BCUT2D eigenvalue weighted by atomic mass is 35.5. The number of rotatable bonds is 5. The number of non-ortho nitro benzene ring substituents is 1. The van der Waals surface area contributed by atoms with Crippen molar-refractivity contribution in [1.29, 1.82) is 0 Å². The smallest absolute Gasteiger partial charge is 0.270 e. The first-order valence-corrected chi connectivity index (χ1v) is 6.85. The Labute approximate surface area is 131 Å². The number of halogens is 1. The first-order valence-electron chi connectivity index (χ1n) is 6.85. The molecule has 1 aliphatic rings. The van der Waals surface area contributed by atoms with Gasteiger partial charge in [-0.1, -0.05) is 0 Å². The molecule has 21 heavy (non-hydrogen) atoms. The van der Waals surface area contributed by atoms with Crippen molar-refractivity contribution in [1.82, 2.24) is 10.2 Å². The van der Waals surface area contributed by atoms with Gasteiger partial charge < -0.3 is 10.1 Å². The Kier molecular flexibility index (Phi) is 6.87. The van der Waals surface area contributed by atoms with Crippen LogP contribution in [0.1, 0.15) is 18.4 Å². The van der Waals surface area contributed by atoms with Gasteiger partial charge in [-0.05, 0) is 39.0 Å². The van der Waals surface area contributed by atoms with E-state index in [1.807, 2.05) is 7.05 Å². The Morgan fingerprint density at radius 3 is 2.62 bits per heavy atom. The first kappa shape index (κ1) is 17.7. The molecule has 0 aromatic heterocycles. The van der Waals surface area contributed by atoms with Crippen LogP contribution in [0.25, 0.3) is 0 Å². The number of hydrogen-bond acceptors (Lipinski definition) is 5. The highest BCUT2D eigenvalue weighted by Gasteiger charge is 2.20. The third kappa shape index (κ3) is 4.56. The van der Waals surface area contributed by atoms with Gasteiger partial charge in [0.15, 0.2) is 0 Å². The van der Waals surface area contributed by atoms with E-state index in [1.54, 1.807) is 19.2 Å². The number of methoxy groups -OCH3 is 1. The van der Waals surface area contributed by atoms with Crippen LogP contribution in [0.2, 0.25) is 0 Å². The van der Waals surface area contributed by atoms with Crippen LogP contribution in [0.4, 0.5) is 5.69 Å². The Bertz CT molecular complexity index is 477. The summed E-state index contributed by atoms with van der Waals surface area (Å²) in [7, 11) is 3.59. The zero-order chi connectivity index (χ0) is 14.5. The molecule has 1 fully saturated rings. The average Bonchev–Trinajstić information content (AvgIpc) is 2.48. The molecule has 0 saturated carbocycles. The minimum Gasteiger partial charge on any atom is -0.496 e. The fraction of sp³-hybridized carbons (Fsp3) is 0.571. The van der Waals surface area contributed by atoms with E-state index in [4.69, 9.17) is 4.74 Å². The average molecular weight is 316 g/mol. The molecule has 0 unspecified atom stereocenters. The predicted octanol–water partition coefficient (Wildman–Crippen LogP) is 2.21. The van der Waals surface area contributed by atoms with Crippen LogP contribution in [0.5, 0.6) is 5.75 Å². The molecule has 1 heterocycles. The van der Waals surface area contributed by atoms with Crippen LogP contribution < -0.4 is 10.1 Å². The van der Waals surface area contributed by atoms with E-state index in [0.29, 0.717) is 18.3 Å². The largest absolute Gasteiger partial charge is 0.496 e. The summed E-state index contributed by atoms with van der Waals surface area (Å²) in [5.74, 6) is 0.714. The van der Waals surface area contributed by atoms with Gasteiger partial charge >= 0.3 is 0 Å². The van der Waals surface area contributed by atoms with Crippen LogP contribution in [0.3, 0.4) is 0 Å². The molecule has 1 aromatic rings. The highest BCUT2D eigenvalue weighted by molar-refractivity contribution is 5.85. The molecule has 0 bridgehead atoms. The Morgan fingerprint density at radius 1 is 1.43 bits per heavy atom. The standard InChI is InChI=1S/C14H21N3O3.ClH/c1-15-12-5-7-16(8-6-12)10-11-9-13(17(18)19)3-4-14(11)20-2;/h3-4,9,12,15H,5-8,10H2,1-2H3;1H. The van der Waals surface area contributed by atoms with Gasteiger partial charge in [-0.15, -0.1) is 12.4 Å². The number of likely N-dealkylation sites (tertiary alicyclic amines) is 1. The van der Waals surface area contributed by atoms with Crippen LogP contribution in [0, 0.1) is 10.1 Å². The number of benzene rings is 1. The molecule has 0 spiro atoms. The second-order valence-corrected chi connectivity index (χ2v) is 5.09. The fourth-order valence-corrected chi connectivity index (χ4v) is 2.62. The summed E-state index contributed by atoms with van der Waals surface area (Å²) in [6, 6.07) is 5.35. The van der Waals surface area contributed by atoms with E-state index in [9.17, 15) is 10.1 Å². The van der Waals surface area contributed by atoms with Crippen molar-refractivity contribution in [3.63, 3.8) is 0 Å². The molecule has 2 rings (SSSR count). The molecular formula is C14H22ClN3O3. The van der Waals surface area contributed by atoms with E-state index in [-0.39, 0.29) is 23.0 Å². The topological polar surface area (TPSA) is 67.6 Å². The molecule has 1 aliphatic heterocycles. The maximum absolute atomic E-state index is 10.9. The minimum absolute atomic E-state index is 0. The number of nitrogens with one attached hydrogen (secondary N) is 1. The van der Waals surface area contributed by atoms with Crippen molar-refractivity contribution >= 4 is 18.1 Å². The summed E-state index contributed by atoms with van der Waals surface area (Å²) in [5, 5.41) is 14.2. The van der Waals surface area contributed by atoms with Gasteiger partial charge in [-0.2, -0.15) is 0 Å². The monoisotopic (exact) mass is 315 g/mol. The minimum atomic E-state index is -0.365. The number of piperidine rings is 1. The first-order chi connectivity index (χ1) is 9.63. The van der Waals surface area contributed by atoms with Crippen LogP contribution >= 0.6 is 12.4 Å². The van der Waals surface area contributed by atoms with Crippen LogP contribution in [0.15, 0.2) is 18.2 Å². The summed E-state index contributed by atoms with van der Waals surface area (Å²) in [4.78, 5) is 12.8. The van der Waals surface area contributed by atoms with Gasteiger partial charge in [0.05, 0.1) is 12.0 Å². The van der Waals surface area contributed by atoms with E-state index in [1.165, 1.54) is 6.07 Å².